The van der Waals surface area contributed by atoms with Crippen molar-refractivity contribution in [1.29, 1.82) is 0 Å². The smallest absolute Gasteiger partial charge is 0.272 e. The van der Waals surface area contributed by atoms with Crippen LogP contribution in [0.1, 0.15) is 30.8 Å². The summed E-state index contributed by atoms with van der Waals surface area (Å²) >= 11 is 0. The van der Waals surface area contributed by atoms with Gasteiger partial charge in [0.1, 0.15) is 5.69 Å². The van der Waals surface area contributed by atoms with Crippen LogP contribution >= 0.6 is 0 Å². The highest BCUT2D eigenvalue weighted by atomic mass is 16.2. The Bertz CT molecular complexity index is 435. The number of amides is 1. The fraction of sp³-hybridized carbons (Fsp3) is 0.538. The maximum absolute atomic E-state index is 12.3. The topological polar surface area (TPSA) is 71.2 Å². The highest BCUT2D eigenvalue weighted by Crippen LogP contribution is 2.23. The van der Waals surface area contributed by atoms with Gasteiger partial charge in [-0.25, -0.2) is 0 Å². The number of aromatic nitrogens is 1. The Kier molecular flexibility index (Phi) is 3.81. The van der Waals surface area contributed by atoms with Crippen LogP contribution < -0.4 is 11.3 Å². The second-order valence-corrected chi connectivity index (χ2v) is 5.07. The molecule has 0 saturated carbocycles. The molecule has 1 aliphatic rings. The summed E-state index contributed by atoms with van der Waals surface area (Å²) in [4.78, 5) is 18.3. The average molecular weight is 248 g/mol. The first kappa shape index (κ1) is 12.8. The number of rotatable bonds is 2. The molecule has 18 heavy (non-hydrogen) atoms. The monoisotopic (exact) mass is 248 g/mol. The van der Waals surface area contributed by atoms with Crippen molar-refractivity contribution in [3.8, 4) is 0 Å². The predicted octanol–water partition coefficient (Wildman–Crippen LogP) is 1.49. The molecule has 1 saturated heterocycles. The number of hydrazine groups is 1. The number of likely N-dealkylation sites (tertiary alicyclic amines) is 1. The van der Waals surface area contributed by atoms with Gasteiger partial charge < -0.3 is 10.3 Å². The molecule has 0 spiro atoms. The summed E-state index contributed by atoms with van der Waals surface area (Å²) in [6, 6.07) is 3.42. The van der Waals surface area contributed by atoms with Gasteiger partial charge in [0, 0.05) is 19.3 Å². The lowest BCUT2D eigenvalue weighted by molar-refractivity contribution is 0.0621. The molecule has 5 heteroatoms. The van der Waals surface area contributed by atoms with Crippen LogP contribution in [0.5, 0.6) is 0 Å². The average Bonchev–Trinajstić information content (AvgIpc) is 2.41. The third-order valence-corrected chi connectivity index (χ3v) is 3.77. The van der Waals surface area contributed by atoms with Crippen LogP contribution in [0.25, 0.3) is 0 Å². The highest BCUT2D eigenvalue weighted by molar-refractivity contribution is 5.93. The molecule has 0 aliphatic carbocycles. The fourth-order valence-electron chi connectivity index (χ4n) is 2.25. The van der Waals surface area contributed by atoms with E-state index in [4.69, 9.17) is 5.84 Å². The van der Waals surface area contributed by atoms with Crippen molar-refractivity contribution in [1.82, 2.24) is 9.88 Å². The van der Waals surface area contributed by atoms with Crippen molar-refractivity contribution in [2.75, 3.05) is 18.5 Å². The van der Waals surface area contributed by atoms with Crippen molar-refractivity contribution < 1.29 is 4.79 Å². The Morgan fingerprint density at radius 3 is 2.94 bits per heavy atom. The minimum Gasteiger partial charge on any atom is -0.337 e. The van der Waals surface area contributed by atoms with E-state index in [9.17, 15) is 4.79 Å². The van der Waals surface area contributed by atoms with Crippen molar-refractivity contribution in [2.24, 2.45) is 17.7 Å². The van der Waals surface area contributed by atoms with Gasteiger partial charge in [-0.15, -0.1) is 0 Å². The molecule has 0 bridgehead atoms. The lowest BCUT2D eigenvalue weighted by atomic mass is 9.88. The fourth-order valence-corrected chi connectivity index (χ4v) is 2.25. The van der Waals surface area contributed by atoms with Gasteiger partial charge >= 0.3 is 0 Å². The molecule has 0 aromatic carbocycles. The first-order valence-electron chi connectivity index (χ1n) is 6.33. The Morgan fingerprint density at radius 2 is 2.28 bits per heavy atom. The Labute approximate surface area is 107 Å². The molecule has 2 atom stereocenters. The van der Waals surface area contributed by atoms with Crippen LogP contribution in [-0.4, -0.2) is 28.9 Å². The minimum absolute atomic E-state index is 0.00847. The molecule has 0 radical (unpaired) electrons. The number of nitrogens with two attached hydrogens (primary N) is 1. The maximum Gasteiger partial charge on any atom is 0.272 e. The van der Waals surface area contributed by atoms with Crippen molar-refractivity contribution in [3.05, 3.63) is 24.0 Å². The number of anilines is 1. The third-order valence-electron chi connectivity index (χ3n) is 3.77. The van der Waals surface area contributed by atoms with E-state index in [1.165, 1.54) is 0 Å². The Morgan fingerprint density at radius 1 is 1.50 bits per heavy atom. The van der Waals surface area contributed by atoms with Crippen molar-refractivity contribution in [2.45, 2.75) is 20.3 Å². The van der Waals surface area contributed by atoms with Gasteiger partial charge in [-0.2, -0.15) is 0 Å². The number of nitrogen functional groups attached to an aromatic ring is 1. The number of nitrogens with one attached hydrogen (secondary N) is 1. The van der Waals surface area contributed by atoms with E-state index in [1.54, 1.807) is 18.3 Å². The van der Waals surface area contributed by atoms with Gasteiger partial charge in [0.25, 0.3) is 5.91 Å². The number of pyridine rings is 1. The first-order chi connectivity index (χ1) is 8.61. The van der Waals surface area contributed by atoms with Crippen LogP contribution in [0.2, 0.25) is 0 Å². The molecular formula is C13H20N4O. The minimum atomic E-state index is -0.00847. The first-order valence-corrected chi connectivity index (χ1v) is 6.33. The van der Waals surface area contributed by atoms with Gasteiger partial charge in [-0.3, -0.25) is 15.6 Å². The normalized spacial score (nSPS) is 23.8. The summed E-state index contributed by atoms with van der Waals surface area (Å²) in [6.07, 6.45) is 2.65. The van der Waals surface area contributed by atoms with Gasteiger partial charge in [0.15, 0.2) is 0 Å². The quantitative estimate of drug-likeness (QED) is 0.614. The number of hydrogen-bond donors (Lipinski definition) is 2. The van der Waals surface area contributed by atoms with Crippen LogP contribution in [0, 0.1) is 11.8 Å². The summed E-state index contributed by atoms with van der Waals surface area (Å²) in [5.41, 5.74) is 3.68. The zero-order valence-electron chi connectivity index (χ0n) is 10.9. The molecular weight excluding hydrogens is 228 g/mol. The van der Waals surface area contributed by atoms with Gasteiger partial charge in [0.2, 0.25) is 0 Å². The molecule has 1 aromatic rings. The number of piperidine rings is 1. The third kappa shape index (κ3) is 2.61. The molecule has 98 valence electrons. The van der Waals surface area contributed by atoms with Gasteiger partial charge in [0.05, 0.1) is 5.69 Å². The summed E-state index contributed by atoms with van der Waals surface area (Å²) < 4.78 is 0. The van der Waals surface area contributed by atoms with E-state index in [-0.39, 0.29) is 5.91 Å². The number of nitrogens with zero attached hydrogens (tertiary/aromatic N) is 2. The van der Waals surface area contributed by atoms with Crippen molar-refractivity contribution in [3.63, 3.8) is 0 Å². The maximum atomic E-state index is 12.3. The van der Waals surface area contributed by atoms with Crippen molar-refractivity contribution >= 4 is 11.6 Å². The zero-order valence-corrected chi connectivity index (χ0v) is 10.9. The lowest BCUT2D eigenvalue weighted by Gasteiger charge is -2.35. The van der Waals surface area contributed by atoms with Crippen LogP contribution in [0.4, 0.5) is 5.69 Å². The molecule has 1 fully saturated rings. The standard InChI is InChI=1S/C13H20N4O/c1-9-4-6-17(8-10(9)2)13(18)12-7-11(16-14)3-5-15-12/h3,5,7,9-10H,4,6,8,14H2,1-2H3,(H,15,16). The molecule has 3 N–H and O–H groups in total. The van der Waals surface area contributed by atoms with E-state index in [0.717, 1.165) is 19.5 Å². The van der Waals surface area contributed by atoms with E-state index in [1.807, 2.05) is 4.90 Å². The predicted molar refractivity (Wildman–Crippen MR) is 70.9 cm³/mol. The number of carbonyl (C=O) groups excluding carboxylic acids is 1. The Balaban J connectivity index is 2.11. The summed E-state index contributed by atoms with van der Waals surface area (Å²) in [6.45, 7) is 6.05. The second kappa shape index (κ2) is 5.35. The zero-order chi connectivity index (χ0) is 13.1. The second-order valence-electron chi connectivity index (χ2n) is 5.07. The van der Waals surface area contributed by atoms with Gasteiger partial charge in [-0.1, -0.05) is 13.8 Å². The molecule has 5 nitrogen and oxygen atoms in total. The van der Waals surface area contributed by atoms with E-state index in [0.29, 0.717) is 23.2 Å². The molecule has 1 aliphatic heterocycles. The SMILES string of the molecule is CC1CCN(C(=O)c2cc(NN)ccn2)CC1C. The van der Waals surface area contributed by atoms with Crippen LogP contribution in [0.15, 0.2) is 18.3 Å². The van der Waals surface area contributed by atoms with Crippen LogP contribution in [0.3, 0.4) is 0 Å². The van der Waals surface area contributed by atoms with Gasteiger partial charge in [-0.05, 0) is 30.4 Å². The Hall–Kier alpha value is -1.62. The molecule has 1 amide bonds. The van der Waals surface area contributed by atoms with E-state index in [2.05, 4.69) is 24.3 Å². The summed E-state index contributed by atoms with van der Waals surface area (Å²) in [7, 11) is 0. The number of hydrogen-bond acceptors (Lipinski definition) is 4. The van der Waals surface area contributed by atoms with E-state index >= 15 is 0 Å². The molecule has 2 rings (SSSR count). The lowest BCUT2D eigenvalue weighted by Crippen LogP contribution is -2.42. The van der Waals surface area contributed by atoms with Crippen LogP contribution in [-0.2, 0) is 0 Å². The molecule has 1 aromatic heterocycles. The van der Waals surface area contributed by atoms with E-state index < -0.39 is 0 Å². The number of carbonyl (C=O) groups is 1. The summed E-state index contributed by atoms with van der Waals surface area (Å²) in [5, 5.41) is 0. The molecule has 2 unspecified atom stereocenters. The largest absolute Gasteiger partial charge is 0.337 e. The summed E-state index contributed by atoms with van der Waals surface area (Å²) in [5.74, 6) is 6.55. The highest BCUT2D eigenvalue weighted by Gasteiger charge is 2.27. The molecule has 2 heterocycles.